The predicted molar refractivity (Wildman–Crippen MR) is 161 cm³/mol. The first-order chi connectivity index (χ1) is 19.8. The fraction of sp³-hybridized carbons (Fsp3) is 0. The van der Waals surface area contributed by atoms with Crippen LogP contribution in [0.25, 0.3) is 71.7 Å². The number of benzene rings is 5. The third kappa shape index (κ3) is 3.15. The second kappa shape index (κ2) is 8.69. The monoisotopic (exact) mass is 511 g/mol. The molecule has 0 aliphatic rings. The third-order valence-electron chi connectivity index (χ3n) is 7.77. The Morgan fingerprint density at radius 2 is 1.30 bits per heavy atom. The second-order valence-corrected chi connectivity index (χ2v) is 9.88. The third-order valence-corrected chi connectivity index (χ3v) is 7.77. The molecule has 3 heterocycles. The summed E-state index contributed by atoms with van der Waals surface area (Å²) >= 11 is 0. The molecule has 0 radical (unpaired) electrons. The number of hydrogen-bond donors (Lipinski definition) is 0. The van der Waals surface area contributed by atoms with E-state index in [2.05, 4.69) is 101 Å². The van der Waals surface area contributed by atoms with Gasteiger partial charge in [-0.15, -0.1) is 0 Å². The normalized spacial score (nSPS) is 11.5. The molecule has 8 aromatic rings. The molecule has 8 rings (SSSR count). The summed E-state index contributed by atoms with van der Waals surface area (Å²) in [6.45, 7) is 0. The van der Waals surface area contributed by atoms with Gasteiger partial charge in [-0.3, -0.25) is 4.98 Å². The van der Waals surface area contributed by atoms with Crippen LogP contribution in [-0.4, -0.2) is 9.55 Å². The summed E-state index contributed by atoms with van der Waals surface area (Å²) in [5.74, 6) is 0. The zero-order chi connectivity index (χ0) is 26.6. The van der Waals surface area contributed by atoms with Crippen LogP contribution in [0, 0.1) is 11.3 Å². The molecule has 0 saturated heterocycles. The Morgan fingerprint density at radius 1 is 0.600 bits per heavy atom. The molecule has 186 valence electrons. The van der Waals surface area contributed by atoms with Crippen molar-refractivity contribution in [2.45, 2.75) is 0 Å². The van der Waals surface area contributed by atoms with Crippen LogP contribution in [0.15, 0.2) is 132 Å². The molecule has 4 heteroatoms. The van der Waals surface area contributed by atoms with E-state index in [1.807, 2.05) is 24.3 Å². The van der Waals surface area contributed by atoms with Gasteiger partial charge in [0.1, 0.15) is 11.2 Å². The lowest BCUT2D eigenvalue weighted by Gasteiger charge is -2.17. The highest BCUT2D eigenvalue weighted by atomic mass is 16.3. The minimum absolute atomic E-state index is 0.601. The number of fused-ring (bicyclic) bond motifs is 7. The summed E-state index contributed by atoms with van der Waals surface area (Å²) in [6.07, 6.45) is 3.44. The van der Waals surface area contributed by atoms with E-state index >= 15 is 0 Å². The number of nitrogens with zero attached hydrogens (tertiary/aromatic N) is 3. The van der Waals surface area contributed by atoms with Gasteiger partial charge in [0.25, 0.3) is 0 Å². The van der Waals surface area contributed by atoms with Gasteiger partial charge in [-0.25, -0.2) is 0 Å². The summed E-state index contributed by atoms with van der Waals surface area (Å²) in [7, 11) is 0. The van der Waals surface area contributed by atoms with Gasteiger partial charge in [0.2, 0.25) is 0 Å². The molecule has 0 bridgehead atoms. The van der Waals surface area contributed by atoms with Gasteiger partial charge >= 0.3 is 0 Å². The maximum Gasteiger partial charge on any atom is 0.145 e. The van der Waals surface area contributed by atoms with Crippen molar-refractivity contribution in [2.75, 3.05) is 0 Å². The molecule has 0 fully saturated rings. The zero-order valence-electron chi connectivity index (χ0n) is 21.4. The van der Waals surface area contributed by atoms with Crippen LogP contribution in [-0.2, 0) is 0 Å². The van der Waals surface area contributed by atoms with Crippen molar-refractivity contribution < 1.29 is 4.42 Å². The second-order valence-electron chi connectivity index (χ2n) is 9.88. The van der Waals surface area contributed by atoms with Crippen molar-refractivity contribution in [3.05, 3.63) is 133 Å². The topological polar surface area (TPSA) is 54.8 Å². The summed E-state index contributed by atoms with van der Waals surface area (Å²) < 4.78 is 8.82. The first-order valence-electron chi connectivity index (χ1n) is 13.2. The lowest BCUT2D eigenvalue weighted by atomic mass is 9.92. The first-order valence-corrected chi connectivity index (χ1v) is 13.2. The smallest absolute Gasteiger partial charge is 0.145 e. The highest BCUT2D eigenvalue weighted by Gasteiger charge is 2.21. The van der Waals surface area contributed by atoms with E-state index in [9.17, 15) is 5.26 Å². The Morgan fingerprint density at radius 3 is 2.15 bits per heavy atom. The quantitative estimate of drug-likeness (QED) is 0.237. The van der Waals surface area contributed by atoms with E-state index in [1.165, 1.54) is 0 Å². The van der Waals surface area contributed by atoms with Gasteiger partial charge in [-0.1, -0.05) is 78.9 Å². The van der Waals surface area contributed by atoms with Crippen LogP contribution in [0.4, 0.5) is 0 Å². The van der Waals surface area contributed by atoms with Crippen molar-refractivity contribution in [1.29, 1.82) is 5.26 Å². The molecule has 40 heavy (non-hydrogen) atoms. The molecule has 0 aliphatic heterocycles. The van der Waals surface area contributed by atoms with E-state index in [0.717, 1.165) is 71.7 Å². The minimum Gasteiger partial charge on any atom is -0.455 e. The Labute approximate surface area is 230 Å². The molecule has 0 N–H and O–H groups in total. The Kier molecular flexibility index (Phi) is 4.85. The van der Waals surface area contributed by atoms with Crippen molar-refractivity contribution in [2.24, 2.45) is 0 Å². The van der Waals surface area contributed by atoms with Crippen LogP contribution >= 0.6 is 0 Å². The van der Waals surface area contributed by atoms with E-state index in [4.69, 9.17) is 4.42 Å². The molecule has 0 spiro atoms. The van der Waals surface area contributed by atoms with Crippen LogP contribution < -0.4 is 0 Å². The molecular weight excluding hydrogens is 490 g/mol. The maximum absolute atomic E-state index is 9.83. The summed E-state index contributed by atoms with van der Waals surface area (Å²) in [5.41, 5.74) is 9.54. The predicted octanol–water partition coefficient (Wildman–Crippen LogP) is 9.28. The van der Waals surface area contributed by atoms with Gasteiger partial charge in [0, 0.05) is 39.7 Å². The molecule has 4 nitrogen and oxygen atoms in total. The van der Waals surface area contributed by atoms with E-state index in [1.54, 1.807) is 18.5 Å². The molecule has 3 aromatic heterocycles. The number of nitriles is 1. The van der Waals surface area contributed by atoms with Gasteiger partial charge < -0.3 is 8.98 Å². The van der Waals surface area contributed by atoms with Crippen molar-refractivity contribution >= 4 is 43.7 Å². The molecule has 0 saturated carbocycles. The fourth-order valence-electron chi connectivity index (χ4n) is 6.05. The SMILES string of the molecule is N#Cc1ccncc1-c1ccccc1-c1ccccc1-n1c2ccccc2c2c3oc4ccccc4c3ccc21. The van der Waals surface area contributed by atoms with Gasteiger partial charge in [-0.05, 0) is 47.5 Å². The number of rotatable bonds is 3. The number of para-hydroxylation sites is 3. The average Bonchev–Trinajstić information content (AvgIpc) is 3.57. The van der Waals surface area contributed by atoms with Crippen LogP contribution in [0.3, 0.4) is 0 Å². The van der Waals surface area contributed by atoms with E-state index in [-0.39, 0.29) is 0 Å². The Bertz CT molecular complexity index is 2300. The van der Waals surface area contributed by atoms with Crippen LogP contribution in [0.1, 0.15) is 5.56 Å². The average molecular weight is 512 g/mol. The van der Waals surface area contributed by atoms with Gasteiger partial charge in [-0.2, -0.15) is 5.26 Å². The summed E-state index contributed by atoms with van der Waals surface area (Å²) in [6, 6.07) is 41.9. The highest BCUT2D eigenvalue weighted by molar-refractivity contribution is 6.24. The largest absolute Gasteiger partial charge is 0.455 e. The molecule has 0 aliphatic carbocycles. The number of hydrogen-bond acceptors (Lipinski definition) is 3. The number of furan rings is 1. The zero-order valence-corrected chi connectivity index (χ0v) is 21.4. The van der Waals surface area contributed by atoms with Crippen LogP contribution in [0.5, 0.6) is 0 Å². The Hall–Kier alpha value is -5.66. The summed E-state index contributed by atoms with van der Waals surface area (Å²) in [4.78, 5) is 4.34. The molecule has 0 amide bonds. The number of aromatic nitrogens is 2. The molecular formula is C36H21N3O. The standard InChI is InChI=1S/C36H21N3O/c37-21-23-19-20-38-22-30(23)25-10-2-1-9-24(25)26-11-3-6-14-31(26)39-32-15-7-4-13-29(32)35-33(39)18-17-28-27-12-5-8-16-34(27)40-36(28)35/h1-20,22H. The van der Waals surface area contributed by atoms with Gasteiger partial charge in [0.05, 0.1) is 33.7 Å². The van der Waals surface area contributed by atoms with Crippen molar-refractivity contribution in [1.82, 2.24) is 9.55 Å². The minimum atomic E-state index is 0.601. The molecule has 5 aromatic carbocycles. The number of pyridine rings is 1. The van der Waals surface area contributed by atoms with E-state index in [0.29, 0.717) is 5.56 Å². The summed E-state index contributed by atoms with van der Waals surface area (Å²) in [5, 5.41) is 14.3. The van der Waals surface area contributed by atoms with Gasteiger partial charge in [0.15, 0.2) is 0 Å². The Balaban J connectivity index is 1.47. The van der Waals surface area contributed by atoms with E-state index < -0.39 is 0 Å². The lowest BCUT2D eigenvalue weighted by Crippen LogP contribution is -1.98. The van der Waals surface area contributed by atoms with Crippen molar-refractivity contribution in [3.8, 4) is 34.0 Å². The highest BCUT2D eigenvalue weighted by Crippen LogP contribution is 2.43. The molecule has 0 unspecified atom stereocenters. The fourth-order valence-corrected chi connectivity index (χ4v) is 6.05. The molecule has 0 atom stereocenters. The maximum atomic E-state index is 9.83. The lowest BCUT2D eigenvalue weighted by molar-refractivity contribution is 0.673. The first kappa shape index (κ1) is 22.3. The van der Waals surface area contributed by atoms with Crippen molar-refractivity contribution in [3.63, 3.8) is 0 Å². The van der Waals surface area contributed by atoms with Crippen LogP contribution in [0.2, 0.25) is 0 Å².